The van der Waals surface area contributed by atoms with E-state index in [1.54, 1.807) is 30.7 Å². The molecule has 4 heteroatoms. The average molecular weight is 203 g/mol. The summed E-state index contributed by atoms with van der Waals surface area (Å²) in [6, 6.07) is 6.23. The van der Waals surface area contributed by atoms with Gasteiger partial charge in [-0.25, -0.2) is 9.37 Å². The van der Waals surface area contributed by atoms with Gasteiger partial charge in [0.15, 0.2) is 5.82 Å². The first-order valence-corrected chi connectivity index (χ1v) is 4.52. The van der Waals surface area contributed by atoms with Crippen LogP contribution >= 0.6 is 0 Å². The highest BCUT2D eigenvalue weighted by Gasteiger charge is 2.04. The van der Waals surface area contributed by atoms with Crippen molar-refractivity contribution in [3.63, 3.8) is 0 Å². The van der Waals surface area contributed by atoms with Crippen molar-refractivity contribution in [3.8, 4) is 0 Å². The Hall–Kier alpha value is -1.97. The van der Waals surface area contributed by atoms with Crippen LogP contribution in [0.3, 0.4) is 0 Å². The number of rotatable bonds is 2. The van der Waals surface area contributed by atoms with Crippen LogP contribution in [0.2, 0.25) is 0 Å². The molecule has 0 bridgehead atoms. The van der Waals surface area contributed by atoms with Crippen molar-refractivity contribution in [1.82, 2.24) is 9.97 Å². The van der Waals surface area contributed by atoms with Gasteiger partial charge in [0.05, 0.1) is 6.20 Å². The van der Waals surface area contributed by atoms with Crippen LogP contribution in [0.4, 0.5) is 15.9 Å². The summed E-state index contributed by atoms with van der Waals surface area (Å²) in [7, 11) is 1.86. The number of anilines is 2. The van der Waals surface area contributed by atoms with E-state index in [0.29, 0.717) is 0 Å². The highest BCUT2D eigenvalue weighted by atomic mass is 19.1. The highest BCUT2D eigenvalue weighted by Crippen LogP contribution is 2.20. The average Bonchev–Trinajstić information content (AvgIpc) is 2.30. The monoisotopic (exact) mass is 203 g/mol. The van der Waals surface area contributed by atoms with Crippen LogP contribution < -0.4 is 4.90 Å². The first-order chi connectivity index (χ1) is 7.27. The number of nitrogens with zero attached hydrogens (tertiary/aromatic N) is 3. The molecule has 76 valence electrons. The first-order valence-electron chi connectivity index (χ1n) is 4.52. The number of hydrogen-bond acceptors (Lipinski definition) is 3. The van der Waals surface area contributed by atoms with Gasteiger partial charge in [-0.3, -0.25) is 4.98 Å². The number of halogens is 1. The van der Waals surface area contributed by atoms with Crippen molar-refractivity contribution in [2.45, 2.75) is 0 Å². The second-order valence-corrected chi connectivity index (χ2v) is 3.10. The van der Waals surface area contributed by atoms with Gasteiger partial charge in [-0.2, -0.15) is 0 Å². The normalized spacial score (nSPS) is 10.0. The maximum absolute atomic E-state index is 12.7. The van der Waals surface area contributed by atoms with Crippen molar-refractivity contribution >= 4 is 11.5 Å². The van der Waals surface area contributed by atoms with Gasteiger partial charge in [-0.1, -0.05) is 0 Å². The lowest BCUT2D eigenvalue weighted by Gasteiger charge is -2.17. The molecule has 0 radical (unpaired) electrons. The van der Waals surface area contributed by atoms with Crippen LogP contribution in [-0.4, -0.2) is 17.0 Å². The van der Waals surface area contributed by atoms with Crippen molar-refractivity contribution in [2.75, 3.05) is 11.9 Å². The Balaban J connectivity index is 2.29. The van der Waals surface area contributed by atoms with E-state index < -0.39 is 0 Å². The lowest BCUT2D eigenvalue weighted by atomic mass is 10.3. The number of aromatic nitrogens is 2. The molecule has 0 saturated carbocycles. The summed E-state index contributed by atoms with van der Waals surface area (Å²) < 4.78 is 12.7. The Bertz CT molecular complexity index is 427. The second-order valence-electron chi connectivity index (χ2n) is 3.10. The molecule has 1 heterocycles. The van der Waals surface area contributed by atoms with Crippen LogP contribution in [0.5, 0.6) is 0 Å². The molecule has 15 heavy (non-hydrogen) atoms. The van der Waals surface area contributed by atoms with Crippen molar-refractivity contribution in [1.29, 1.82) is 0 Å². The Morgan fingerprint density at radius 3 is 2.47 bits per heavy atom. The molecule has 0 aliphatic rings. The van der Waals surface area contributed by atoms with Gasteiger partial charge < -0.3 is 4.90 Å². The Morgan fingerprint density at radius 2 is 1.87 bits per heavy atom. The van der Waals surface area contributed by atoms with Gasteiger partial charge >= 0.3 is 0 Å². The molecule has 3 nitrogen and oxygen atoms in total. The zero-order valence-electron chi connectivity index (χ0n) is 8.26. The van der Waals surface area contributed by atoms with E-state index in [9.17, 15) is 4.39 Å². The maximum atomic E-state index is 12.7. The third-order valence-electron chi connectivity index (χ3n) is 2.11. The molecule has 0 N–H and O–H groups in total. The minimum Gasteiger partial charge on any atom is -0.328 e. The predicted octanol–water partition coefficient (Wildman–Crippen LogP) is 2.38. The molecule has 0 aliphatic carbocycles. The summed E-state index contributed by atoms with van der Waals surface area (Å²) in [6.45, 7) is 0. The lowest BCUT2D eigenvalue weighted by molar-refractivity contribution is 0.628. The third-order valence-corrected chi connectivity index (χ3v) is 2.11. The van der Waals surface area contributed by atoms with Gasteiger partial charge in [0.1, 0.15) is 5.82 Å². The molecule has 1 aromatic carbocycles. The molecule has 0 amide bonds. The summed E-state index contributed by atoms with van der Waals surface area (Å²) in [5.41, 5.74) is 0.872. The minimum atomic E-state index is -0.244. The SMILES string of the molecule is CN(c1ccc(F)cc1)c1cnccn1. The minimum absolute atomic E-state index is 0.244. The Labute approximate surface area is 87.2 Å². The smallest absolute Gasteiger partial charge is 0.151 e. The summed E-state index contributed by atoms with van der Waals surface area (Å²) in [6.07, 6.45) is 4.89. The van der Waals surface area contributed by atoms with E-state index in [2.05, 4.69) is 9.97 Å². The molecule has 0 saturated heterocycles. The fourth-order valence-corrected chi connectivity index (χ4v) is 1.26. The molecule has 0 aliphatic heterocycles. The van der Waals surface area contributed by atoms with Crippen molar-refractivity contribution < 1.29 is 4.39 Å². The third kappa shape index (κ3) is 2.10. The zero-order chi connectivity index (χ0) is 10.7. The Morgan fingerprint density at radius 1 is 1.13 bits per heavy atom. The maximum Gasteiger partial charge on any atom is 0.151 e. The molecule has 1 aromatic heterocycles. The van der Waals surface area contributed by atoms with Gasteiger partial charge in [0, 0.05) is 25.1 Å². The molecule has 0 atom stereocenters. The zero-order valence-corrected chi connectivity index (χ0v) is 8.26. The fourth-order valence-electron chi connectivity index (χ4n) is 1.26. The molecule has 0 unspecified atom stereocenters. The van der Waals surface area contributed by atoms with Crippen LogP contribution in [0.25, 0.3) is 0 Å². The van der Waals surface area contributed by atoms with E-state index in [-0.39, 0.29) is 5.82 Å². The van der Waals surface area contributed by atoms with Crippen LogP contribution in [0.1, 0.15) is 0 Å². The predicted molar refractivity (Wildman–Crippen MR) is 56.5 cm³/mol. The van der Waals surface area contributed by atoms with E-state index in [4.69, 9.17) is 0 Å². The topological polar surface area (TPSA) is 29.0 Å². The molecule has 0 fully saturated rings. The highest BCUT2D eigenvalue weighted by molar-refractivity contribution is 5.57. The summed E-state index contributed by atoms with van der Waals surface area (Å²) in [5, 5.41) is 0. The lowest BCUT2D eigenvalue weighted by Crippen LogP contribution is -2.11. The van der Waals surface area contributed by atoms with E-state index in [0.717, 1.165) is 11.5 Å². The number of benzene rings is 1. The molecule has 0 spiro atoms. The molecular formula is C11H10FN3. The standard InChI is InChI=1S/C11H10FN3/c1-15(11-8-13-6-7-14-11)10-4-2-9(12)3-5-10/h2-8H,1H3. The second kappa shape index (κ2) is 4.04. The first kappa shape index (κ1) is 9.58. The molecule has 2 rings (SSSR count). The van der Waals surface area contributed by atoms with Crippen LogP contribution in [0.15, 0.2) is 42.9 Å². The van der Waals surface area contributed by atoms with Gasteiger partial charge in [-0.15, -0.1) is 0 Å². The summed E-state index contributed by atoms with van der Waals surface area (Å²) in [5.74, 6) is 0.482. The van der Waals surface area contributed by atoms with Crippen molar-refractivity contribution in [3.05, 3.63) is 48.7 Å². The van der Waals surface area contributed by atoms with E-state index >= 15 is 0 Å². The van der Waals surface area contributed by atoms with Crippen LogP contribution in [-0.2, 0) is 0 Å². The number of hydrogen-bond donors (Lipinski definition) is 0. The molecular weight excluding hydrogens is 193 g/mol. The summed E-state index contributed by atoms with van der Waals surface area (Å²) >= 11 is 0. The molecule has 2 aromatic rings. The van der Waals surface area contributed by atoms with Crippen molar-refractivity contribution in [2.24, 2.45) is 0 Å². The van der Waals surface area contributed by atoms with Gasteiger partial charge in [0.25, 0.3) is 0 Å². The van der Waals surface area contributed by atoms with Gasteiger partial charge in [0.2, 0.25) is 0 Å². The quantitative estimate of drug-likeness (QED) is 0.750. The summed E-state index contributed by atoms with van der Waals surface area (Å²) in [4.78, 5) is 9.96. The largest absolute Gasteiger partial charge is 0.328 e. The van der Waals surface area contributed by atoms with Gasteiger partial charge in [-0.05, 0) is 24.3 Å². The fraction of sp³-hybridized carbons (Fsp3) is 0.0909. The van der Waals surface area contributed by atoms with Crippen LogP contribution in [0, 0.1) is 5.82 Å². The Kier molecular flexibility index (Phi) is 2.58. The van der Waals surface area contributed by atoms with E-state index in [1.807, 2.05) is 11.9 Å². The van der Waals surface area contributed by atoms with E-state index in [1.165, 1.54) is 12.1 Å².